The van der Waals surface area contributed by atoms with Gasteiger partial charge in [0.15, 0.2) is 0 Å². The average molecular weight is 531 g/mol. The average Bonchev–Trinajstić information content (AvgIpc) is 2.82. The van der Waals surface area contributed by atoms with Crippen molar-refractivity contribution in [3.63, 3.8) is 0 Å². The van der Waals surface area contributed by atoms with Gasteiger partial charge in [0.25, 0.3) is 5.91 Å². The molecule has 2 heterocycles. The van der Waals surface area contributed by atoms with Gasteiger partial charge in [-0.1, -0.05) is 19.8 Å². The fraction of sp³-hybridized carbons (Fsp3) is 0.520. The Kier molecular flexibility index (Phi) is 9.41. The summed E-state index contributed by atoms with van der Waals surface area (Å²) in [6.45, 7) is 7.43. The number of carbonyl (C=O) groups excluding carboxylic acids is 2. The fourth-order valence-electron chi connectivity index (χ4n) is 4.27. The molecule has 184 valence electrons. The van der Waals surface area contributed by atoms with Gasteiger partial charge in [-0.15, -0.1) is 0 Å². The summed E-state index contributed by atoms with van der Waals surface area (Å²) < 4.78 is 0.876. The van der Waals surface area contributed by atoms with Crippen molar-refractivity contribution in [1.29, 1.82) is 0 Å². The Labute approximate surface area is 210 Å². The number of likely N-dealkylation sites (N-methyl/N-ethyl adjacent to an activating group) is 1. The van der Waals surface area contributed by atoms with E-state index in [1.54, 1.807) is 6.20 Å². The number of anilines is 2. The van der Waals surface area contributed by atoms with Gasteiger partial charge in [0, 0.05) is 49.5 Å². The van der Waals surface area contributed by atoms with Gasteiger partial charge in [0.2, 0.25) is 11.9 Å². The van der Waals surface area contributed by atoms with Crippen molar-refractivity contribution in [1.82, 2.24) is 19.8 Å². The number of amides is 2. The van der Waals surface area contributed by atoms with E-state index in [0.29, 0.717) is 17.4 Å². The summed E-state index contributed by atoms with van der Waals surface area (Å²) in [7, 11) is 2.08. The van der Waals surface area contributed by atoms with Crippen LogP contribution in [0.25, 0.3) is 0 Å². The summed E-state index contributed by atoms with van der Waals surface area (Å²) in [5.41, 5.74) is 7.65. The standard InChI is InChI=1S/C17H20BrN5O.C8H15NO/c1-12-15(18)11-19-17(20-12)21-14-5-3-13(4-6-14)16(24)23-9-7-22(2)8-10-23;1-6-4-2-3-5-7(6)8(9)10/h3-6,11H,7-10H2,1-2H3,(H,19,20,21);6-7H,2-5H2,1H3,(H2,9,10). The Morgan fingerprint density at radius 3 is 2.29 bits per heavy atom. The van der Waals surface area contributed by atoms with E-state index in [1.807, 2.05) is 36.1 Å². The van der Waals surface area contributed by atoms with Crippen LogP contribution in [0.5, 0.6) is 0 Å². The number of halogens is 1. The first-order valence-corrected chi connectivity index (χ1v) is 12.7. The number of primary amides is 1. The minimum atomic E-state index is -0.104. The molecule has 3 N–H and O–H groups in total. The highest BCUT2D eigenvalue weighted by molar-refractivity contribution is 9.10. The van der Waals surface area contributed by atoms with E-state index in [0.717, 1.165) is 48.5 Å². The quantitative estimate of drug-likeness (QED) is 0.619. The van der Waals surface area contributed by atoms with Gasteiger partial charge in [-0.3, -0.25) is 9.59 Å². The number of hydrogen-bond acceptors (Lipinski definition) is 6. The Hall–Kier alpha value is -2.52. The molecule has 2 atom stereocenters. The van der Waals surface area contributed by atoms with E-state index >= 15 is 0 Å². The number of benzene rings is 1. The summed E-state index contributed by atoms with van der Waals surface area (Å²) in [6, 6.07) is 7.44. The van der Waals surface area contributed by atoms with E-state index in [1.165, 1.54) is 19.3 Å². The SMILES string of the molecule is CC1CCCCC1C(N)=O.Cc1nc(Nc2ccc(C(=O)N3CCN(C)CC3)cc2)ncc1Br. The van der Waals surface area contributed by atoms with Crippen LogP contribution in [0, 0.1) is 18.8 Å². The van der Waals surface area contributed by atoms with Crippen LogP contribution in [0.2, 0.25) is 0 Å². The number of hydrogen-bond donors (Lipinski definition) is 2. The highest BCUT2D eigenvalue weighted by atomic mass is 79.9. The molecule has 9 heteroatoms. The number of nitrogens with zero attached hydrogens (tertiary/aromatic N) is 4. The van der Waals surface area contributed by atoms with Crippen molar-refractivity contribution >= 4 is 39.4 Å². The Bertz CT molecular complexity index is 976. The second kappa shape index (κ2) is 12.3. The summed E-state index contributed by atoms with van der Waals surface area (Å²) in [4.78, 5) is 36.0. The van der Waals surface area contributed by atoms with Gasteiger partial charge in [-0.05, 0) is 72.9 Å². The molecule has 0 spiro atoms. The second-order valence-corrected chi connectivity index (χ2v) is 10.0. The normalized spacial score (nSPS) is 20.8. The Morgan fingerprint density at radius 2 is 1.74 bits per heavy atom. The zero-order valence-electron chi connectivity index (χ0n) is 20.3. The van der Waals surface area contributed by atoms with Crippen molar-refractivity contribution in [3.8, 4) is 0 Å². The minimum Gasteiger partial charge on any atom is -0.369 e. The molecule has 1 saturated carbocycles. The lowest BCUT2D eigenvalue weighted by Gasteiger charge is -2.32. The summed E-state index contributed by atoms with van der Waals surface area (Å²) in [6.07, 6.45) is 6.35. The number of piperazine rings is 1. The van der Waals surface area contributed by atoms with Crippen molar-refractivity contribution in [3.05, 3.63) is 46.2 Å². The van der Waals surface area contributed by atoms with Gasteiger partial charge < -0.3 is 20.9 Å². The van der Waals surface area contributed by atoms with E-state index < -0.39 is 0 Å². The number of rotatable bonds is 4. The van der Waals surface area contributed by atoms with Crippen LogP contribution in [0.4, 0.5) is 11.6 Å². The zero-order chi connectivity index (χ0) is 24.7. The molecular weight excluding hydrogens is 496 g/mol. The molecular formula is C25H35BrN6O2. The van der Waals surface area contributed by atoms with E-state index in [2.05, 4.69) is 50.1 Å². The molecule has 34 heavy (non-hydrogen) atoms. The van der Waals surface area contributed by atoms with Crippen LogP contribution in [-0.2, 0) is 4.79 Å². The first-order valence-electron chi connectivity index (χ1n) is 11.9. The monoisotopic (exact) mass is 530 g/mol. The van der Waals surface area contributed by atoms with Gasteiger partial charge >= 0.3 is 0 Å². The van der Waals surface area contributed by atoms with E-state index in [-0.39, 0.29) is 17.7 Å². The van der Waals surface area contributed by atoms with Gasteiger partial charge in [-0.2, -0.15) is 0 Å². The molecule has 2 amide bonds. The van der Waals surface area contributed by atoms with Crippen LogP contribution < -0.4 is 11.1 Å². The van der Waals surface area contributed by atoms with E-state index in [9.17, 15) is 9.59 Å². The molecule has 2 aromatic rings. The summed E-state index contributed by atoms with van der Waals surface area (Å²) in [5, 5.41) is 3.15. The predicted molar refractivity (Wildman–Crippen MR) is 138 cm³/mol. The molecule has 1 aliphatic carbocycles. The molecule has 4 rings (SSSR count). The van der Waals surface area contributed by atoms with Crippen LogP contribution in [0.15, 0.2) is 34.9 Å². The maximum Gasteiger partial charge on any atom is 0.253 e. The summed E-state index contributed by atoms with van der Waals surface area (Å²) in [5.74, 6) is 1.20. The Balaban J connectivity index is 0.000000271. The second-order valence-electron chi connectivity index (χ2n) is 9.20. The smallest absolute Gasteiger partial charge is 0.253 e. The van der Waals surface area contributed by atoms with Crippen LogP contribution in [0.1, 0.15) is 48.7 Å². The topological polar surface area (TPSA) is 104 Å². The first kappa shape index (κ1) is 26.1. The summed E-state index contributed by atoms with van der Waals surface area (Å²) >= 11 is 3.38. The molecule has 0 bridgehead atoms. The lowest BCUT2D eigenvalue weighted by molar-refractivity contribution is -0.124. The third kappa shape index (κ3) is 7.24. The van der Waals surface area contributed by atoms with Crippen molar-refractivity contribution in [2.24, 2.45) is 17.6 Å². The molecule has 8 nitrogen and oxygen atoms in total. The third-order valence-corrected chi connectivity index (χ3v) is 7.35. The number of carbonyl (C=O) groups is 2. The molecule has 2 aliphatic rings. The zero-order valence-corrected chi connectivity index (χ0v) is 21.8. The van der Waals surface area contributed by atoms with Gasteiger partial charge in [0.05, 0.1) is 10.2 Å². The molecule has 0 radical (unpaired) electrons. The van der Waals surface area contributed by atoms with Crippen LogP contribution >= 0.6 is 15.9 Å². The number of nitrogens with two attached hydrogens (primary N) is 1. The molecule has 1 aromatic heterocycles. The number of aromatic nitrogens is 2. The van der Waals surface area contributed by atoms with Crippen molar-refractivity contribution in [2.75, 3.05) is 38.5 Å². The van der Waals surface area contributed by atoms with Crippen LogP contribution in [0.3, 0.4) is 0 Å². The first-order chi connectivity index (χ1) is 16.2. The highest BCUT2D eigenvalue weighted by Gasteiger charge is 2.25. The maximum atomic E-state index is 12.5. The Morgan fingerprint density at radius 1 is 1.09 bits per heavy atom. The van der Waals surface area contributed by atoms with Crippen molar-refractivity contribution in [2.45, 2.75) is 39.5 Å². The van der Waals surface area contributed by atoms with Gasteiger partial charge in [-0.25, -0.2) is 9.97 Å². The minimum absolute atomic E-state index is 0.0883. The lowest BCUT2D eigenvalue weighted by atomic mass is 9.80. The molecule has 1 saturated heterocycles. The maximum absolute atomic E-state index is 12.5. The van der Waals surface area contributed by atoms with Crippen molar-refractivity contribution < 1.29 is 9.59 Å². The molecule has 1 aromatic carbocycles. The fourth-order valence-corrected chi connectivity index (χ4v) is 4.46. The largest absolute Gasteiger partial charge is 0.369 e. The third-order valence-electron chi connectivity index (χ3n) is 6.57. The van der Waals surface area contributed by atoms with E-state index in [4.69, 9.17) is 5.73 Å². The molecule has 2 fully saturated rings. The number of nitrogens with one attached hydrogen (secondary N) is 1. The van der Waals surface area contributed by atoms with Crippen LogP contribution in [-0.4, -0.2) is 64.8 Å². The van der Waals surface area contributed by atoms with Gasteiger partial charge in [0.1, 0.15) is 0 Å². The molecule has 2 unspecified atom stereocenters. The highest BCUT2D eigenvalue weighted by Crippen LogP contribution is 2.28. The lowest BCUT2D eigenvalue weighted by Crippen LogP contribution is -2.47. The predicted octanol–water partition coefficient (Wildman–Crippen LogP) is 3.98. The molecule has 1 aliphatic heterocycles. The number of aryl methyl sites for hydroxylation is 1.